The van der Waals surface area contributed by atoms with Gasteiger partial charge < -0.3 is 0 Å². The minimum atomic E-state index is -0.899. The molecule has 0 aliphatic rings. The van der Waals surface area contributed by atoms with E-state index in [1.54, 1.807) is 18.5 Å². The molecular formula is C13H6BrF2N. The lowest BCUT2D eigenvalue weighted by Gasteiger charge is -1.93. The molecule has 0 amide bonds. The van der Waals surface area contributed by atoms with E-state index in [0.29, 0.717) is 11.1 Å². The van der Waals surface area contributed by atoms with Gasteiger partial charge in [0.25, 0.3) is 0 Å². The van der Waals surface area contributed by atoms with Crippen molar-refractivity contribution in [1.82, 2.24) is 4.98 Å². The van der Waals surface area contributed by atoms with E-state index in [2.05, 4.69) is 32.8 Å². The largest absolute Gasteiger partial charge is 0.262 e. The van der Waals surface area contributed by atoms with Crippen molar-refractivity contribution in [3.8, 4) is 11.8 Å². The van der Waals surface area contributed by atoms with Gasteiger partial charge >= 0.3 is 0 Å². The summed E-state index contributed by atoms with van der Waals surface area (Å²) < 4.78 is 26.4. The first-order valence-electron chi connectivity index (χ1n) is 4.73. The predicted molar refractivity (Wildman–Crippen MR) is 64.3 cm³/mol. The molecule has 0 aliphatic carbocycles. The Morgan fingerprint density at radius 2 is 1.71 bits per heavy atom. The molecule has 4 heteroatoms. The highest BCUT2D eigenvalue weighted by molar-refractivity contribution is 9.10. The highest BCUT2D eigenvalue weighted by Crippen LogP contribution is 2.10. The quantitative estimate of drug-likeness (QED) is 0.677. The summed E-state index contributed by atoms with van der Waals surface area (Å²) in [6.45, 7) is 0. The normalized spacial score (nSPS) is 9.59. The average molecular weight is 294 g/mol. The van der Waals surface area contributed by atoms with Crippen molar-refractivity contribution < 1.29 is 8.78 Å². The van der Waals surface area contributed by atoms with Crippen LogP contribution >= 0.6 is 15.9 Å². The van der Waals surface area contributed by atoms with E-state index in [-0.39, 0.29) is 0 Å². The van der Waals surface area contributed by atoms with Crippen molar-refractivity contribution in [3.05, 3.63) is 63.9 Å². The summed E-state index contributed by atoms with van der Waals surface area (Å²) in [4.78, 5) is 3.94. The van der Waals surface area contributed by atoms with Crippen LogP contribution in [0, 0.1) is 23.5 Å². The Bertz CT molecular complexity index is 614. The summed E-state index contributed by atoms with van der Waals surface area (Å²) in [6.07, 6.45) is 3.24. The number of nitrogens with zero attached hydrogens (tertiary/aromatic N) is 1. The van der Waals surface area contributed by atoms with E-state index in [1.165, 1.54) is 6.07 Å². The van der Waals surface area contributed by atoms with E-state index in [0.717, 1.165) is 16.6 Å². The van der Waals surface area contributed by atoms with E-state index >= 15 is 0 Å². The smallest absolute Gasteiger partial charge is 0.160 e. The zero-order valence-corrected chi connectivity index (χ0v) is 10.1. The van der Waals surface area contributed by atoms with Gasteiger partial charge in [-0.3, -0.25) is 4.98 Å². The van der Waals surface area contributed by atoms with Crippen LogP contribution in [0.15, 0.2) is 41.1 Å². The van der Waals surface area contributed by atoms with Gasteiger partial charge in [-0.25, -0.2) is 8.78 Å². The minimum Gasteiger partial charge on any atom is -0.262 e. The summed E-state index contributed by atoms with van der Waals surface area (Å²) in [5, 5.41) is 0. The Morgan fingerprint density at radius 1 is 0.941 bits per heavy atom. The standard InChI is InChI=1S/C13H6BrF2N/c14-11-5-10(7-17-8-11)2-1-9-3-4-12(15)13(16)6-9/h3-8H. The number of pyridine rings is 1. The fraction of sp³-hybridized carbons (Fsp3) is 0. The average Bonchev–Trinajstić information content (AvgIpc) is 2.31. The van der Waals surface area contributed by atoms with Gasteiger partial charge in [0.05, 0.1) is 0 Å². The number of hydrogen-bond acceptors (Lipinski definition) is 1. The molecule has 0 unspecified atom stereocenters. The van der Waals surface area contributed by atoms with Gasteiger partial charge in [0.2, 0.25) is 0 Å². The van der Waals surface area contributed by atoms with Gasteiger partial charge in [-0.2, -0.15) is 0 Å². The number of benzene rings is 1. The van der Waals surface area contributed by atoms with E-state index in [1.807, 2.05) is 0 Å². The molecule has 1 aromatic heterocycles. The summed E-state index contributed by atoms with van der Waals surface area (Å²) in [5.41, 5.74) is 1.12. The molecule has 0 bridgehead atoms. The third-order valence-electron chi connectivity index (χ3n) is 1.98. The lowest BCUT2D eigenvalue weighted by atomic mass is 10.2. The number of rotatable bonds is 0. The van der Waals surface area contributed by atoms with Crippen LogP contribution in [0.1, 0.15) is 11.1 Å². The number of aromatic nitrogens is 1. The van der Waals surface area contributed by atoms with Crippen molar-refractivity contribution in [2.45, 2.75) is 0 Å². The van der Waals surface area contributed by atoms with Gasteiger partial charge in [0.15, 0.2) is 11.6 Å². The molecule has 0 radical (unpaired) electrons. The van der Waals surface area contributed by atoms with Crippen molar-refractivity contribution in [1.29, 1.82) is 0 Å². The van der Waals surface area contributed by atoms with Gasteiger partial charge in [0.1, 0.15) is 0 Å². The number of halogens is 3. The van der Waals surface area contributed by atoms with Crippen LogP contribution in [-0.4, -0.2) is 4.98 Å². The molecule has 0 aliphatic heterocycles. The molecule has 2 aromatic rings. The zero-order chi connectivity index (χ0) is 12.3. The van der Waals surface area contributed by atoms with Crippen LogP contribution in [0.4, 0.5) is 8.78 Å². The summed E-state index contributed by atoms with van der Waals surface area (Å²) in [7, 11) is 0. The molecule has 1 aromatic carbocycles. The first-order valence-corrected chi connectivity index (χ1v) is 5.52. The summed E-state index contributed by atoms with van der Waals surface area (Å²) in [6, 6.07) is 5.34. The second-order valence-electron chi connectivity index (χ2n) is 3.27. The molecule has 84 valence electrons. The predicted octanol–water partition coefficient (Wildman–Crippen LogP) is 3.52. The van der Waals surface area contributed by atoms with E-state index in [9.17, 15) is 8.78 Å². The van der Waals surface area contributed by atoms with Crippen LogP contribution in [0.2, 0.25) is 0 Å². The molecular weight excluding hydrogens is 288 g/mol. The maximum atomic E-state index is 12.9. The van der Waals surface area contributed by atoms with Gasteiger partial charge in [-0.05, 0) is 40.2 Å². The van der Waals surface area contributed by atoms with Crippen LogP contribution in [0.3, 0.4) is 0 Å². The third-order valence-corrected chi connectivity index (χ3v) is 2.41. The summed E-state index contributed by atoms with van der Waals surface area (Å²) >= 11 is 3.27. The monoisotopic (exact) mass is 293 g/mol. The summed E-state index contributed by atoms with van der Waals surface area (Å²) in [5.74, 6) is 3.78. The second kappa shape index (κ2) is 5.07. The minimum absolute atomic E-state index is 0.420. The Balaban J connectivity index is 2.30. The maximum absolute atomic E-state index is 12.9. The molecule has 0 saturated carbocycles. The van der Waals surface area contributed by atoms with Crippen LogP contribution in [0.5, 0.6) is 0 Å². The molecule has 17 heavy (non-hydrogen) atoms. The van der Waals surface area contributed by atoms with E-state index in [4.69, 9.17) is 0 Å². The fourth-order valence-corrected chi connectivity index (χ4v) is 1.56. The molecule has 0 fully saturated rings. The van der Waals surface area contributed by atoms with Crippen molar-refractivity contribution in [2.75, 3.05) is 0 Å². The highest BCUT2D eigenvalue weighted by atomic mass is 79.9. The van der Waals surface area contributed by atoms with E-state index < -0.39 is 11.6 Å². The highest BCUT2D eigenvalue weighted by Gasteiger charge is 1.99. The first-order chi connectivity index (χ1) is 8.15. The molecule has 0 spiro atoms. The van der Waals surface area contributed by atoms with Gasteiger partial charge in [-0.1, -0.05) is 11.8 Å². The van der Waals surface area contributed by atoms with Crippen LogP contribution in [0.25, 0.3) is 0 Å². The number of hydrogen-bond donors (Lipinski definition) is 0. The molecule has 0 saturated heterocycles. The van der Waals surface area contributed by atoms with Gasteiger partial charge in [-0.15, -0.1) is 0 Å². The fourth-order valence-electron chi connectivity index (χ4n) is 1.20. The van der Waals surface area contributed by atoms with Crippen LogP contribution < -0.4 is 0 Å². The Kier molecular flexibility index (Phi) is 3.50. The molecule has 0 atom stereocenters. The van der Waals surface area contributed by atoms with Crippen molar-refractivity contribution >= 4 is 15.9 Å². The molecule has 0 N–H and O–H groups in total. The van der Waals surface area contributed by atoms with Gasteiger partial charge in [0, 0.05) is 28.0 Å². The Morgan fingerprint density at radius 3 is 2.41 bits per heavy atom. The van der Waals surface area contributed by atoms with Crippen molar-refractivity contribution in [3.63, 3.8) is 0 Å². The molecule has 1 heterocycles. The second-order valence-corrected chi connectivity index (χ2v) is 4.19. The molecule has 2 rings (SSSR count). The maximum Gasteiger partial charge on any atom is 0.160 e. The third kappa shape index (κ3) is 3.11. The SMILES string of the molecule is Fc1ccc(C#Cc2cncc(Br)c2)cc1F. The Hall–Kier alpha value is -1.73. The lowest BCUT2D eigenvalue weighted by Crippen LogP contribution is -1.85. The lowest BCUT2D eigenvalue weighted by molar-refractivity contribution is 0.508. The van der Waals surface area contributed by atoms with Crippen molar-refractivity contribution in [2.24, 2.45) is 0 Å². The topological polar surface area (TPSA) is 12.9 Å². The first kappa shape index (κ1) is 11.7. The Labute approximate surface area is 106 Å². The van der Waals surface area contributed by atoms with Crippen LogP contribution in [-0.2, 0) is 0 Å². The zero-order valence-electron chi connectivity index (χ0n) is 8.55. The molecule has 1 nitrogen and oxygen atoms in total.